The molecule has 2 unspecified atom stereocenters. The molecule has 4 rings (SSSR count). The van der Waals surface area contributed by atoms with Crippen LogP contribution in [0.25, 0.3) is 0 Å². The van der Waals surface area contributed by atoms with Crippen LogP contribution in [0.15, 0.2) is 47.1 Å². The number of carbonyl (C=O) groups is 1. The molecule has 1 saturated carbocycles. The molecular weight excluding hydrogens is 406 g/mol. The first-order valence-corrected chi connectivity index (χ1v) is 10.3. The van der Waals surface area contributed by atoms with Crippen LogP contribution in [0.4, 0.5) is 11.5 Å². The predicted molar refractivity (Wildman–Crippen MR) is 110 cm³/mol. The Kier molecular flexibility index (Phi) is 5.45. The number of nitrogens with one attached hydrogen (secondary N) is 1. The Morgan fingerprint density at radius 3 is 2.67 bits per heavy atom. The molecule has 142 valence electrons. The van der Waals surface area contributed by atoms with E-state index in [0.29, 0.717) is 11.8 Å². The van der Waals surface area contributed by atoms with E-state index < -0.39 is 0 Å². The van der Waals surface area contributed by atoms with Crippen LogP contribution in [0.5, 0.6) is 0 Å². The van der Waals surface area contributed by atoms with E-state index in [0.717, 1.165) is 48.3 Å². The van der Waals surface area contributed by atoms with Crippen molar-refractivity contribution in [3.63, 3.8) is 0 Å². The van der Waals surface area contributed by atoms with Crippen molar-refractivity contribution in [2.75, 3.05) is 29.9 Å². The third-order valence-corrected chi connectivity index (χ3v) is 6.17. The van der Waals surface area contributed by atoms with Gasteiger partial charge in [-0.15, -0.1) is 0 Å². The Hall–Kier alpha value is -1.92. The van der Waals surface area contributed by atoms with Crippen molar-refractivity contribution >= 4 is 33.3 Å². The summed E-state index contributed by atoms with van der Waals surface area (Å²) in [6.45, 7) is 1.96. The van der Waals surface area contributed by atoms with Crippen molar-refractivity contribution in [2.24, 2.45) is 11.8 Å². The molecule has 5 nitrogen and oxygen atoms in total. The minimum atomic E-state index is 0.0272. The lowest BCUT2D eigenvalue weighted by Gasteiger charge is -2.33. The van der Waals surface area contributed by atoms with E-state index in [9.17, 15) is 9.90 Å². The van der Waals surface area contributed by atoms with Gasteiger partial charge in [0.2, 0.25) is 5.91 Å². The van der Waals surface area contributed by atoms with Crippen LogP contribution < -0.4 is 10.2 Å². The lowest BCUT2D eigenvalue weighted by atomic mass is 9.98. The Bertz CT molecular complexity index is 803. The van der Waals surface area contributed by atoms with Gasteiger partial charge in [-0.2, -0.15) is 0 Å². The number of aliphatic hydroxyl groups is 1. The number of benzene rings is 1. The maximum Gasteiger partial charge on any atom is 0.228 e. The molecule has 1 amide bonds. The summed E-state index contributed by atoms with van der Waals surface area (Å²) in [4.78, 5) is 19.5. The first-order valence-electron chi connectivity index (χ1n) is 9.53. The van der Waals surface area contributed by atoms with E-state index >= 15 is 0 Å². The number of hydrogen-bond donors (Lipinski definition) is 2. The molecule has 2 N–H and O–H groups in total. The highest BCUT2D eigenvalue weighted by Crippen LogP contribution is 2.48. The summed E-state index contributed by atoms with van der Waals surface area (Å²) in [5.41, 5.74) is 2.00. The van der Waals surface area contributed by atoms with Crippen molar-refractivity contribution in [3.8, 4) is 0 Å². The number of nitrogens with zero attached hydrogens (tertiary/aromatic N) is 2. The fraction of sp³-hybridized carbons (Fsp3) is 0.429. The van der Waals surface area contributed by atoms with Gasteiger partial charge in [0.05, 0.1) is 5.69 Å². The molecule has 2 atom stereocenters. The predicted octanol–water partition coefficient (Wildman–Crippen LogP) is 3.80. The number of aliphatic hydroxyl groups excluding tert-OH is 1. The lowest BCUT2D eigenvalue weighted by molar-refractivity contribution is -0.117. The Balaban J connectivity index is 1.41. The van der Waals surface area contributed by atoms with Crippen molar-refractivity contribution in [1.29, 1.82) is 0 Å². The van der Waals surface area contributed by atoms with E-state index in [2.05, 4.69) is 43.3 Å². The van der Waals surface area contributed by atoms with Gasteiger partial charge in [0, 0.05) is 36.3 Å². The van der Waals surface area contributed by atoms with Crippen LogP contribution in [0.3, 0.4) is 0 Å². The van der Waals surface area contributed by atoms with Gasteiger partial charge >= 0.3 is 0 Å². The zero-order valence-electron chi connectivity index (χ0n) is 15.1. The average molecular weight is 430 g/mol. The van der Waals surface area contributed by atoms with Crippen molar-refractivity contribution in [3.05, 3.63) is 52.6 Å². The molecule has 27 heavy (non-hydrogen) atoms. The minimum absolute atomic E-state index is 0.0272. The fourth-order valence-electron chi connectivity index (χ4n) is 3.86. The van der Waals surface area contributed by atoms with Gasteiger partial charge in [0.1, 0.15) is 0 Å². The maximum atomic E-state index is 12.8. The molecule has 2 heterocycles. The largest absolute Gasteiger partial charge is 0.396 e. The van der Waals surface area contributed by atoms with Gasteiger partial charge in [-0.25, -0.2) is 4.98 Å². The molecule has 2 aliphatic rings. The summed E-state index contributed by atoms with van der Waals surface area (Å²) in [5, 5.41) is 12.4. The monoisotopic (exact) mass is 429 g/mol. The van der Waals surface area contributed by atoms with Crippen molar-refractivity contribution in [2.45, 2.75) is 25.2 Å². The standard InChI is InChI=1S/C21H24BrN3O2/c22-16-5-3-15(4-6-16)17-12-18(17)21(27)24-19-2-1-9-23-20(19)25-10-7-14(13-26)8-11-25/h1-6,9,14,17-18,26H,7-8,10-13H2,(H,24,27). The number of aromatic nitrogens is 1. The number of amides is 1. The van der Waals surface area contributed by atoms with Crippen molar-refractivity contribution in [1.82, 2.24) is 4.98 Å². The summed E-state index contributed by atoms with van der Waals surface area (Å²) in [7, 11) is 0. The molecule has 1 aromatic heterocycles. The van der Waals surface area contributed by atoms with Gasteiger partial charge in [-0.1, -0.05) is 28.1 Å². The average Bonchev–Trinajstić information content (AvgIpc) is 3.50. The normalized spacial score (nSPS) is 22.5. The highest BCUT2D eigenvalue weighted by atomic mass is 79.9. The number of halogens is 1. The zero-order valence-corrected chi connectivity index (χ0v) is 16.7. The highest BCUT2D eigenvalue weighted by Gasteiger charge is 2.44. The number of carbonyl (C=O) groups excluding carboxylic acids is 1. The van der Waals surface area contributed by atoms with E-state index in [1.807, 2.05) is 24.3 Å². The van der Waals surface area contributed by atoms with Crippen LogP contribution in [0, 0.1) is 11.8 Å². The van der Waals surface area contributed by atoms with Gasteiger partial charge in [0.15, 0.2) is 5.82 Å². The van der Waals surface area contributed by atoms with E-state index in [4.69, 9.17) is 0 Å². The number of hydrogen-bond acceptors (Lipinski definition) is 4. The molecule has 1 saturated heterocycles. The van der Waals surface area contributed by atoms with Crippen LogP contribution in [-0.4, -0.2) is 35.7 Å². The topological polar surface area (TPSA) is 65.5 Å². The molecule has 2 aromatic rings. The molecule has 1 aliphatic carbocycles. The second-order valence-corrected chi connectivity index (χ2v) is 8.39. The number of rotatable bonds is 5. The maximum absolute atomic E-state index is 12.8. The summed E-state index contributed by atoms with van der Waals surface area (Å²) in [6.07, 6.45) is 4.57. The third kappa shape index (κ3) is 4.17. The fourth-order valence-corrected chi connectivity index (χ4v) is 4.13. The summed E-state index contributed by atoms with van der Waals surface area (Å²) in [6, 6.07) is 12.0. The van der Waals surface area contributed by atoms with Crippen molar-refractivity contribution < 1.29 is 9.90 Å². The molecule has 0 spiro atoms. The second-order valence-electron chi connectivity index (χ2n) is 7.48. The third-order valence-electron chi connectivity index (χ3n) is 5.64. The SMILES string of the molecule is O=C(Nc1cccnc1N1CCC(CO)CC1)C1CC1c1ccc(Br)cc1. The van der Waals surface area contributed by atoms with Crippen LogP contribution in [0.1, 0.15) is 30.7 Å². The number of pyridine rings is 1. The summed E-state index contributed by atoms with van der Waals surface area (Å²) < 4.78 is 1.05. The summed E-state index contributed by atoms with van der Waals surface area (Å²) >= 11 is 3.45. The van der Waals surface area contributed by atoms with Gasteiger partial charge in [-0.05, 0) is 60.9 Å². The second kappa shape index (κ2) is 7.98. The Labute approximate surface area is 167 Å². The van der Waals surface area contributed by atoms with Gasteiger partial charge in [0.25, 0.3) is 0 Å². The number of piperidine rings is 1. The van der Waals surface area contributed by atoms with Gasteiger partial charge in [-0.3, -0.25) is 4.79 Å². The van der Waals surface area contributed by atoms with Crippen LogP contribution in [-0.2, 0) is 4.79 Å². The quantitative estimate of drug-likeness (QED) is 0.758. The first-order chi connectivity index (χ1) is 13.2. The van der Waals surface area contributed by atoms with E-state index in [1.165, 1.54) is 5.56 Å². The molecule has 6 heteroatoms. The van der Waals surface area contributed by atoms with Crippen LogP contribution in [0.2, 0.25) is 0 Å². The van der Waals surface area contributed by atoms with E-state index in [1.54, 1.807) is 6.20 Å². The molecule has 2 fully saturated rings. The molecule has 0 bridgehead atoms. The number of anilines is 2. The smallest absolute Gasteiger partial charge is 0.228 e. The summed E-state index contributed by atoms with van der Waals surface area (Å²) in [5.74, 6) is 1.62. The zero-order chi connectivity index (χ0) is 18.8. The van der Waals surface area contributed by atoms with Gasteiger partial charge < -0.3 is 15.3 Å². The lowest BCUT2D eigenvalue weighted by Crippen LogP contribution is -2.36. The Morgan fingerprint density at radius 1 is 1.22 bits per heavy atom. The molecule has 1 aliphatic heterocycles. The Morgan fingerprint density at radius 2 is 1.96 bits per heavy atom. The van der Waals surface area contributed by atoms with E-state index in [-0.39, 0.29) is 18.4 Å². The minimum Gasteiger partial charge on any atom is -0.396 e. The van der Waals surface area contributed by atoms with Crippen LogP contribution >= 0.6 is 15.9 Å². The highest BCUT2D eigenvalue weighted by molar-refractivity contribution is 9.10. The molecule has 1 aromatic carbocycles. The first kappa shape index (κ1) is 18.4. The molecular formula is C21H24BrN3O2. The molecule has 0 radical (unpaired) electrons.